The summed E-state index contributed by atoms with van der Waals surface area (Å²) in [7, 11) is 1.70. The zero-order chi connectivity index (χ0) is 15.2. The van der Waals surface area contributed by atoms with Gasteiger partial charge in [0, 0.05) is 12.6 Å². The van der Waals surface area contributed by atoms with Crippen molar-refractivity contribution >= 4 is 0 Å². The Morgan fingerprint density at radius 3 is 2.20 bits per heavy atom. The lowest BCUT2D eigenvalue weighted by Crippen LogP contribution is -2.40. The molecule has 3 nitrogen and oxygen atoms in total. The van der Waals surface area contributed by atoms with Gasteiger partial charge < -0.3 is 10.5 Å². The number of nitrogens with zero attached hydrogens (tertiary/aromatic N) is 1. The van der Waals surface area contributed by atoms with E-state index in [0.717, 1.165) is 25.3 Å². The Morgan fingerprint density at radius 1 is 1.20 bits per heavy atom. The molecule has 0 saturated heterocycles. The fourth-order valence-electron chi connectivity index (χ4n) is 2.59. The Hall–Kier alpha value is -1.06. The molecular weight excluding hydrogens is 248 g/mol. The molecule has 0 radical (unpaired) electrons. The Morgan fingerprint density at radius 2 is 1.80 bits per heavy atom. The van der Waals surface area contributed by atoms with Crippen molar-refractivity contribution in [2.24, 2.45) is 11.1 Å². The standard InChI is InChI=1S/C17H30N2O/c1-6-16(14-8-10-15(20-5)11-9-14)19(7-2)13-17(3,4)12-18/h8-11,16H,6-7,12-13,18H2,1-5H3. The molecule has 1 aromatic rings. The van der Waals surface area contributed by atoms with Gasteiger partial charge in [0.05, 0.1) is 7.11 Å². The highest BCUT2D eigenvalue weighted by Crippen LogP contribution is 2.28. The van der Waals surface area contributed by atoms with E-state index in [0.29, 0.717) is 12.6 Å². The van der Waals surface area contributed by atoms with E-state index in [4.69, 9.17) is 10.5 Å². The van der Waals surface area contributed by atoms with Crippen LogP contribution in [-0.2, 0) is 0 Å². The second kappa shape index (κ2) is 7.65. The van der Waals surface area contributed by atoms with E-state index in [9.17, 15) is 0 Å². The molecule has 1 atom stereocenters. The van der Waals surface area contributed by atoms with Crippen molar-refractivity contribution in [1.29, 1.82) is 0 Å². The summed E-state index contributed by atoms with van der Waals surface area (Å²) in [5.74, 6) is 0.911. The van der Waals surface area contributed by atoms with E-state index in [1.165, 1.54) is 5.56 Å². The maximum atomic E-state index is 5.88. The third-order valence-electron chi connectivity index (χ3n) is 3.92. The van der Waals surface area contributed by atoms with Gasteiger partial charge in [0.25, 0.3) is 0 Å². The van der Waals surface area contributed by atoms with Crippen LogP contribution in [0.2, 0.25) is 0 Å². The number of nitrogens with two attached hydrogens (primary N) is 1. The molecule has 0 aliphatic carbocycles. The molecule has 0 aliphatic heterocycles. The molecule has 0 aliphatic rings. The summed E-state index contributed by atoms with van der Waals surface area (Å²) in [6.07, 6.45) is 1.10. The molecule has 0 spiro atoms. The molecule has 1 aromatic carbocycles. The van der Waals surface area contributed by atoms with Crippen LogP contribution in [0, 0.1) is 5.41 Å². The first-order valence-electron chi connectivity index (χ1n) is 7.55. The molecular formula is C17H30N2O. The van der Waals surface area contributed by atoms with Crippen molar-refractivity contribution in [1.82, 2.24) is 4.90 Å². The minimum Gasteiger partial charge on any atom is -0.497 e. The van der Waals surface area contributed by atoms with Crippen molar-refractivity contribution in [2.75, 3.05) is 26.7 Å². The highest BCUT2D eigenvalue weighted by Gasteiger charge is 2.24. The predicted molar refractivity (Wildman–Crippen MR) is 86.1 cm³/mol. The van der Waals surface area contributed by atoms with E-state index < -0.39 is 0 Å². The second-order valence-electron chi connectivity index (χ2n) is 6.13. The molecule has 0 bridgehead atoms. The maximum absolute atomic E-state index is 5.88. The number of methoxy groups -OCH3 is 1. The van der Waals surface area contributed by atoms with Gasteiger partial charge in [-0.05, 0) is 42.6 Å². The number of benzene rings is 1. The highest BCUT2D eigenvalue weighted by atomic mass is 16.5. The second-order valence-corrected chi connectivity index (χ2v) is 6.13. The molecule has 1 unspecified atom stereocenters. The molecule has 20 heavy (non-hydrogen) atoms. The topological polar surface area (TPSA) is 38.5 Å². The fraction of sp³-hybridized carbons (Fsp3) is 0.647. The van der Waals surface area contributed by atoms with E-state index in [1.54, 1.807) is 7.11 Å². The Bertz CT molecular complexity index is 386. The average Bonchev–Trinajstić information content (AvgIpc) is 2.47. The van der Waals surface area contributed by atoms with E-state index in [-0.39, 0.29) is 5.41 Å². The summed E-state index contributed by atoms with van der Waals surface area (Å²) in [5.41, 5.74) is 7.38. The Labute approximate surface area is 124 Å². The van der Waals surface area contributed by atoms with Crippen LogP contribution in [0.4, 0.5) is 0 Å². The number of ether oxygens (including phenoxy) is 1. The lowest BCUT2D eigenvalue weighted by atomic mass is 9.91. The quantitative estimate of drug-likeness (QED) is 0.791. The van der Waals surface area contributed by atoms with Crippen molar-refractivity contribution in [2.45, 2.75) is 40.2 Å². The molecule has 0 fully saturated rings. The average molecular weight is 278 g/mol. The van der Waals surface area contributed by atoms with Gasteiger partial charge in [0.15, 0.2) is 0 Å². The number of hydrogen-bond acceptors (Lipinski definition) is 3. The van der Waals surface area contributed by atoms with Crippen LogP contribution >= 0.6 is 0 Å². The van der Waals surface area contributed by atoms with Gasteiger partial charge in [-0.1, -0.05) is 39.8 Å². The first-order valence-corrected chi connectivity index (χ1v) is 7.55. The minimum atomic E-state index is 0.149. The lowest BCUT2D eigenvalue weighted by molar-refractivity contribution is 0.135. The van der Waals surface area contributed by atoms with Gasteiger partial charge in [0.1, 0.15) is 5.75 Å². The third-order valence-corrected chi connectivity index (χ3v) is 3.92. The molecule has 0 saturated carbocycles. The molecule has 2 N–H and O–H groups in total. The Kier molecular flexibility index (Phi) is 6.50. The monoisotopic (exact) mass is 278 g/mol. The van der Waals surface area contributed by atoms with Gasteiger partial charge in [-0.2, -0.15) is 0 Å². The fourth-order valence-corrected chi connectivity index (χ4v) is 2.59. The van der Waals surface area contributed by atoms with Gasteiger partial charge >= 0.3 is 0 Å². The van der Waals surface area contributed by atoms with Crippen LogP contribution in [0.15, 0.2) is 24.3 Å². The first kappa shape index (κ1) is 17.0. The van der Waals surface area contributed by atoms with Gasteiger partial charge in [-0.15, -0.1) is 0 Å². The summed E-state index contributed by atoms with van der Waals surface area (Å²) >= 11 is 0. The van der Waals surface area contributed by atoms with E-state index in [1.807, 2.05) is 12.1 Å². The third kappa shape index (κ3) is 4.50. The molecule has 0 heterocycles. The molecule has 0 aromatic heterocycles. The summed E-state index contributed by atoms with van der Waals surface area (Å²) in [5, 5.41) is 0. The van der Waals surface area contributed by atoms with Crippen molar-refractivity contribution in [3.63, 3.8) is 0 Å². The minimum absolute atomic E-state index is 0.149. The number of rotatable bonds is 8. The lowest BCUT2D eigenvalue weighted by Gasteiger charge is -2.36. The summed E-state index contributed by atoms with van der Waals surface area (Å²) in [4.78, 5) is 2.52. The normalized spacial score (nSPS) is 13.6. The molecule has 1 rings (SSSR count). The van der Waals surface area contributed by atoms with Crippen LogP contribution < -0.4 is 10.5 Å². The van der Waals surface area contributed by atoms with E-state index in [2.05, 4.69) is 44.7 Å². The summed E-state index contributed by atoms with van der Waals surface area (Å²) < 4.78 is 5.24. The van der Waals surface area contributed by atoms with Crippen molar-refractivity contribution < 1.29 is 4.74 Å². The van der Waals surface area contributed by atoms with Crippen LogP contribution in [-0.4, -0.2) is 31.6 Å². The van der Waals surface area contributed by atoms with Crippen LogP contribution in [0.3, 0.4) is 0 Å². The summed E-state index contributed by atoms with van der Waals surface area (Å²) in [6, 6.07) is 8.87. The highest BCUT2D eigenvalue weighted by molar-refractivity contribution is 5.29. The predicted octanol–water partition coefficient (Wildman–Crippen LogP) is 3.45. The zero-order valence-corrected chi connectivity index (χ0v) is 13.6. The first-order chi connectivity index (χ1) is 9.47. The van der Waals surface area contributed by atoms with Gasteiger partial charge in [-0.3, -0.25) is 4.90 Å². The van der Waals surface area contributed by atoms with Gasteiger partial charge in [0.2, 0.25) is 0 Å². The summed E-state index contributed by atoms with van der Waals surface area (Å²) in [6.45, 7) is 11.7. The SMILES string of the molecule is CCC(c1ccc(OC)cc1)N(CC)CC(C)(C)CN. The van der Waals surface area contributed by atoms with E-state index >= 15 is 0 Å². The Balaban J connectivity index is 2.90. The van der Waals surface area contributed by atoms with Crippen LogP contribution in [0.1, 0.15) is 45.7 Å². The molecule has 3 heteroatoms. The maximum Gasteiger partial charge on any atom is 0.118 e. The molecule has 114 valence electrons. The molecule has 0 amide bonds. The smallest absolute Gasteiger partial charge is 0.118 e. The number of hydrogen-bond donors (Lipinski definition) is 1. The van der Waals surface area contributed by atoms with Crippen LogP contribution in [0.25, 0.3) is 0 Å². The van der Waals surface area contributed by atoms with Crippen LogP contribution in [0.5, 0.6) is 5.75 Å². The van der Waals surface area contributed by atoms with Crippen molar-refractivity contribution in [3.05, 3.63) is 29.8 Å². The van der Waals surface area contributed by atoms with Crippen molar-refractivity contribution in [3.8, 4) is 5.75 Å². The largest absolute Gasteiger partial charge is 0.497 e. The zero-order valence-electron chi connectivity index (χ0n) is 13.6. The van der Waals surface area contributed by atoms with Gasteiger partial charge in [-0.25, -0.2) is 0 Å².